The Morgan fingerprint density at radius 3 is 2.88 bits per heavy atom. The number of carboxylic acid groups (broad SMARTS) is 1. The summed E-state index contributed by atoms with van der Waals surface area (Å²) in [6.07, 6.45) is 1.09. The Hall–Kier alpha value is -1.26. The number of carbonyl (C=O) groups is 1. The number of nitrogens with zero attached hydrogens (tertiary/aromatic N) is 1. The van der Waals surface area contributed by atoms with Crippen LogP contribution in [0.25, 0.3) is 0 Å². The van der Waals surface area contributed by atoms with Crippen molar-refractivity contribution in [2.45, 2.75) is 12.5 Å². The zero-order valence-corrected chi connectivity index (χ0v) is 10.4. The molecule has 5 heteroatoms. The molecule has 1 unspecified atom stereocenters. The predicted molar refractivity (Wildman–Crippen MR) is 67.9 cm³/mol. The lowest BCUT2D eigenvalue weighted by molar-refractivity contribution is 0.0697. The van der Waals surface area contributed by atoms with Gasteiger partial charge in [-0.3, -0.25) is 0 Å². The summed E-state index contributed by atoms with van der Waals surface area (Å²) in [5.41, 5.74) is 1.01. The number of hydrogen-bond acceptors (Lipinski definition) is 3. The Balaban J connectivity index is 2.07. The fourth-order valence-electron chi connectivity index (χ4n) is 2.07. The molecule has 17 heavy (non-hydrogen) atoms. The first-order valence-electron chi connectivity index (χ1n) is 5.54. The molecule has 1 heterocycles. The molecule has 92 valence electrons. The van der Waals surface area contributed by atoms with E-state index in [2.05, 4.69) is 17.3 Å². The second-order valence-electron chi connectivity index (χ2n) is 4.39. The molecule has 1 aromatic carbocycles. The minimum absolute atomic E-state index is 0.140. The minimum Gasteiger partial charge on any atom is -0.478 e. The monoisotopic (exact) mass is 254 g/mol. The molecule has 2 rings (SSSR count). The van der Waals surface area contributed by atoms with Crippen molar-refractivity contribution in [1.29, 1.82) is 0 Å². The summed E-state index contributed by atoms with van der Waals surface area (Å²) in [5, 5.41) is 12.5. The highest BCUT2D eigenvalue weighted by atomic mass is 35.5. The summed E-state index contributed by atoms with van der Waals surface area (Å²) in [7, 11) is 2.09. The van der Waals surface area contributed by atoms with Gasteiger partial charge in [0, 0.05) is 18.3 Å². The maximum Gasteiger partial charge on any atom is 0.337 e. The molecule has 0 aromatic heterocycles. The van der Waals surface area contributed by atoms with E-state index in [0.717, 1.165) is 25.2 Å². The third-order valence-corrected chi connectivity index (χ3v) is 3.27. The highest BCUT2D eigenvalue weighted by Crippen LogP contribution is 2.22. The molecule has 1 saturated heterocycles. The van der Waals surface area contributed by atoms with Gasteiger partial charge < -0.3 is 15.3 Å². The Morgan fingerprint density at radius 2 is 2.35 bits per heavy atom. The Morgan fingerprint density at radius 1 is 1.59 bits per heavy atom. The van der Waals surface area contributed by atoms with Gasteiger partial charge in [0.05, 0.1) is 10.6 Å². The van der Waals surface area contributed by atoms with Crippen molar-refractivity contribution in [3.63, 3.8) is 0 Å². The summed E-state index contributed by atoms with van der Waals surface area (Å²) in [5.74, 6) is -0.998. The normalized spacial score (nSPS) is 20.5. The average molecular weight is 255 g/mol. The molecule has 1 atom stereocenters. The third-order valence-electron chi connectivity index (χ3n) is 2.96. The van der Waals surface area contributed by atoms with Crippen LogP contribution in [0.4, 0.5) is 5.69 Å². The van der Waals surface area contributed by atoms with Crippen LogP contribution in [0.3, 0.4) is 0 Å². The van der Waals surface area contributed by atoms with Gasteiger partial charge >= 0.3 is 5.97 Å². The molecule has 1 fully saturated rings. The molecule has 0 bridgehead atoms. The molecule has 0 radical (unpaired) electrons. The van der Waals surface area contributed by atoms with Crippen molar-refractivity contribution in [3.05, 3.63) is 28.8 Å². The van der Waals surface area contributed by atoms with Crippen molar-refractivity contribution in [1.82, 2.24) is 4.90 Å². The van der Waals surface area contributed by atoms with Crippen molar-refractivity contribution in [2.24, 2.45) is 0 Å². The minimum atomic E-state index is -0.998. The van der Waals surface area contributed by atoms with E-state index in [9.17, 15) is 4.79 Å². The van der Waals surface area contributed by atoms with E-state index in [0.29, 0.717) is 6.04 Å². The number of likely N-dealkylation sites (N-methyl/N-ethyl adjacent to an activating group) is 1. The van der Waals surface area contributed by atoms with Gasteiger partial charge in [-0.15, -0.1) is 0 Å². The first-order valence-corrected chi connectivity index (χ1v) is 5.92. The molecule has 4 nitrogen and oxygen atoms in total. The molecule has 0 aliphatic carbocycles. The van der Waals surface area contributed by atoms with Crippen LogP contribution < -0.4 is 5.32 Å². The summed E-state index contributed by atoms with van der Waals surface area (Å²) < 4.78 is 0. The maximum atomic E-state index is 10.8. The fraction of sp³-hybridized carbons (Fsp3) is 0.417. The summed E-state index contributed by atoms with van der Waals surface area (Å²) in [6.45, 7) is 2.08. The quantitative estimate of drug-likeness (QED) is 0.868. The van der Waals surface area contributed by atoms with Crippen molar-refractivity contribution in [2.75, 3.05) is 25.5 Å². The number of aromatic carboxylic acids is 1. The van der Waals surface area contributed by atoms with E-state index in [1.54, 1.807) is 12.1 Å². The van der Waals surface area contributed by atoms with Crippen LogP contribution >= 0.6 is 11.6 Å². The largest absolute Gasteiger partial charge is 0.478 e. The molecule has 1 aromatic rings. The average Bonchev–Trinajstić information content (AvgIpc) is 2.63. The van der Waals surface area contributed by atoms with Crippen molar-refractivity contribution >= 4 is 23.3 Å². The molecule has 0 saturated carbocycles. The van der Waals surface area contributed by atoms with Crippen LogP contribution in [0.5, 0.6) is 0 Å². The van der Waals surface area contributed by atoms with Gasteiger partial charge in [0.15, 0.2) is 0 Å². The highest BCUT2D eigenvalue weighted by Gasteiger charge is 2.19. The number of carboxylic acids is 1. The highest BCUT2D eigenvalue weighted by molar-refractivity contribution is 6.33. The lowest BCUT2D eigenvalue weighted by atomic mass is 10.2. The number of rotatable bonds is 3. The van der Waals surface area contributed by atoms with Gasteiger partial charge in [0.25, 0.3) is 0 Å². The Bertz CT molecular complexity index is 437. The number of hydrogen-bond donors (Lipinski definition) is 2. The number of halogens is 1. The van der Waals surface area contributed by atoms with E-state index in [1.807, 2.05) is 0 Å². The van der Waals surface area contributed by atoms with Gasteiger partial charge in [-0.25, -0.2) is 4.79 Å². The summed E-state index contributed by atoms with van der Waals surface area (Å²) in [6, 6.07) is 5.37. The lowest BCUT2D eigenvalue weighted by Gasteiger charge is -2.14. The maximum absolute atomic E-state index is 10.8. The first kappa shape index (κ1) is 12.2. The molecule has 2 N–H and O–H groups in total. The lowest BCUT2D eigenvalue weighted by Crippen LogP contribution is -2.23. The predicted octanol–water partition coefficient (Wildman–Crippen LogP) is 2.15. The molecule has 1 aliphatic rings. The number of anilines is 1. The van der Waals surface area contributed by atoms with Crippen LogP contribution in [0, 0.1) is 0 Å². The van der Waals surface area contributed by atoms with Gasteiger partial charge in [-0.05, 0) is 38.2 Å². The van der Waals surface area contributed by atoms with E-state index in [1.165, 1.54) is 6.07 Å². The van der Waals surface area contributed by atoms with Crippen molar-refractivity contribution < 1.29 is 9.90 Å². The van der Waals surface area contributed by atoms with Crippen LogP contribution in [-0.2, 0) is 0 Å². The molecule has 1 aliphatic heterocycles. The second kappa shape index (κ2) is 4.94. The first-order chi connectivity index (χ1) is 8.06. The van der Waals surface area contributed by atoms with E-state index in [4.69, 9.17) is 16.7 Å². The molecular formula is C12H15ClN2O2. The SMILES string of the molecule is CN1CCC(Nc2ccc(C(=O)O)c(Cl)c2)C1. The van der Waals surface area contributed by atoms with E-state index < -0.39 is 5.97 Å². The van der Waals surface area contributed by atoms with E-state index >= 15 is 0 Å². The second-order valence-corrected chi connectivity index (χ2v) is 4.80. The number of benzene rings is 1. The van der Waals surface area contributed by atoms with Crippen LogP contribution in [-0.4, -0.2) is 42.2 Å². The van der Waals surface area contributed by atoms with Gasteiger partial charge in [0.1, 0.15) is 0 Å². The van der Waals surface area contributed by atoms with Crippen LogP contribution in [0.15, 0.2) is 18.2 Å². The van der Waals surface area contributed by atoms with Crippen LogP contribution in [0.2, 0.25) is 5.02 Å². The van der Waals surface area contributed by atoms with Gasteiger partial charge in [0.2, 0.25) is 0 Å². The molecule has 0 amide bonds. The number of likely N-dealkylation sites (tertiary alicyclic amines) is 1. The van der Waals surface area contributed by atoms with Crippen molar-refractivity contribution in [3.8, 4) is 0 Å². The van der Waals surface area contributed by atoms with E-state index in [-0.39, 0.29) is 10.6 Å². The fourth-order valence-corrected chi connectivity index (χ4v) is 2.33. The topological polar surface area (TPSA) is 52.6 Å². The zero-order chi connectivity index (χ0) is 12.4. The Kier molecular flexibility index (Phi) is 3.54. The standard InChI is InChI=1S/C12H15ClN2O2/c1-15-5-4-9(7-15)14-8-2-3-10(12(16)17)11(13)6-8/h2-3,6,9,14H,4-5,7H2,1H3,(H,16,17). The molecular weight excluding hydrogens is 240 g/mol. The zero-order valence-electron chi connectivity index (χ0n) is 9.61. The van der Waals surface area contributed by atoms with Gasteiger partial charge in [-0.1, -0.05) is 11.6 Å². The summed E-state index contributed by atoms with van der Waals surface area (Å²) in [4.78, 5) is 13.1. The Labute approximate surface area is 105 Å². The summed E-state index contributed by atoms with van der Waals surface area (Å²) >= 11 is 5.91. The van der Waals surface area contributed by atoms with Crippen LogP contribution in [0.1, 0.15) is 16.8 Å². The number of nitrogens with one attached hydrogen (secondary N) is 1. The smallest absolute Gasteiger partial charge is 0.337 e. The third kappa shape index (κ3) is 2.90. The van der Waals surface area contributed by atoms with Gasteiger partial charge in [-0.2, -0.15) is 0 Å². The molecule has 0 spiro atoms.